The molecule has 10 nitrogen and oxygen atoms in total. The number of nitro groups is 1. The van der Waals surface area contributed by atoms with Crippen LogP contribution in [0.1, 0.15) is 10.4 Å². The van der Waals surface area contributed by atoms with Crippen LogP contribution in [-0.2, 0) is 9.59 Å². The van der Waals surface area contributed by atoms with Crippen LogP contribution in [0.2, 0.25) is 0 Å². The number of fused-ring (bicyclic) bond motifs is 1. The standard InChI is InChI=1S/C19H18N4O6/c1-20-19(26)16-11-22(14-7-2-3-8-15(14)29-16)17(24)10-21-18(25)12-5-4-6-13(9-12)23(27)28/h2-9,16H,10-11H2,1H3,(H,20,26)(H,21,25)/t16-/m0/s1. The van der Waals surface area contributed by atoms with Gasteiger partial charge in [0.2, 0.25) is 5.91 Å². The molecule has 150 valence electrons. The average molecular weight is 398 g/mol. The molecule has 1 aliphatic heterocycles. The van der Waals surface area contributed by atoms with Gasteiger partial charge in [-0.1, -0.05) is 18.2 Å². The normalized spacial score (nSPS) is 14.9. The third kappa shape index (κ3) is 4.32. The molecule has 1 atom stereocenters. The summed E-state index contributed by atoms with van der Waals surface area (Å²) in [5.74, 6) is -1.07. The van der Waals surface area contributed by atoms with Crippen LogP contribution in [0.4, 0.5) is 11.4 Å². The lowest BCUT2D eigenvalue weighted by atomic mass is 10.1. The van der Waals surface area contributed by atoms with Gasteiger partial charge in [0.1, 0.15) is 5.75 Å². The second-order valence-corrected chi connectivity index (χ2v) is 6.18. The first-order valence-electron chi connectivity index (χ1n) is 8.71. The Morgan fingerprint density at radius 3 is 2.69 bits per heavy atom. The second kappa shape index (κ2) is 8.38. The number of benzene rings is 2. The van der Waals surface area contributed by atoms with Gasteiger partial charge in [-0.3, -0.25) is 24.5 Å². The van der Waals surface area contributed by atoms with Gasteiger partial charge >= 0.3 is 0 Å². The molecule has 0 aromatic heterocycles. The summed E-state index contributed by atoms with van der Waals surface area (Å²) in [6.45, 7) is -0.363. The summed E-state index contributed by atoms with van der Waals surface area (Å²) in [4.78, 5) is 48.6. The fraction of sp³-hybridized carbons (Fsp3) is 0.211. The third-order valence-corrected chi connectivity index (χ3v) is 4.33. The number of para-hydroxylation sites is 2. The highest BCUT2D eigenvalue weighted by molar-refractivity contribution is 6.02. The van der Waals surface area contributed by atoms with Crippen molar-refractivity contribution in [3.05, 3.63) is 64.2 Å². The number of carbonyl (C=O) groups is 3. The van der Waals surface area contributed by atoms with Crippen LogP contribution in [0, 0.1) is 10.1 Å². The van der Waals surface area contributed by atoms with E-state index in [-0.39, 0.29) is 30.2 Å². The Labute approximate surface area is 165 Å². The van der Waals surface area contributed by atoms with E-state index in [2.05, 4.69) is 10.6 Å². The molecule has 29 heavy (non-hydrogen) atoms. The minimum Gasteiger partial charge on any atom is -0.477 e. The number of rotatable bonds is 5. The number of hydrogen-bond donors (Lipinski definition) is 2. The van der Waals surface area contributed by atoms with Crippen molar-refractivity contribution < 1.29 is 24.0 Å². The number of nitro benzene ring substituents is 1. The van der Waals surface area contributed by atoms with Gasteiger partial charge in [0.25, 0.3) is 17.5 Å². The Bertz CT molecular complexity index is 977. The van der Waals surface area contributed by atoms with E-state index in [1.54, 1.807) is 24.3 Å². The van der Waals surface area contributed by atoms with Crippen LogP contribution in [0.25, 0.3) is 0 Å². The first-order valence-corrected chi connectivity index (χ1v) is 8.71. The van der Waals surface area contributed by atoms with Crippen molar-refractivity contribution in [3.63, 3.8) is 0 Å². The van der Waals surface area contributed by atoms with Crippen molar-refractivity contribution in [2.45, 2.75) is 6.10 Å². The van der Waals surface area contributed by atoms with E-state index in [0.29, 0.717) is 11.4 Å². The Morgan fingerprint density at radius 1 is 1.21 bits per heavy atom. The predicted octanol–water partition coefficient (Wildman–Crippen LogP) is 0.865. The number of likely N-dealkylation sites (N-methyl/N-ethyl adjacent to an activating group) is 1. The maximum atomic E-state index is 12.7. The van der Waals surface area contributed by atoms with Crippen molar-refractivity contribution >= 4 is 29.1 Å². The van der Waals surface area contributed by atoms with E-state index in [9.17, 15) is 24.5 Å². The molecule has 0 saturated carbocycles. The van der Waals surface area contributed by atoms with Crippen molar-refractivity contribution in [2.24, 2.45) is 0 Å². The molecule has 0 bridgehead atoms. The molecule has 0 saturated heterocycles. The van der Waals surface area contributed by atoms with Crippen molar-refractivity contribution in [1.29, 1.82) is 0 Å². The van der Waals surface area contributed by atoms with Crippen LogP contribution in [-0.4, -0.2) is 48.9 Å². The molecule has 0 aliphatic carbocycles. The summed E-state index contributed by atoms with van der Waals surface area (Å²) < 4.78 is 5.64. The molecule has 3 amide bonds. The molecule has 2 aromatic rings. The summed E-state index contributed by atoms with van der Waals surface area (Å²) in [6, 6.07) is 12.0. The largest absolute Gasteiger partial charge is 0.477 e. The number of hydrogen-bond acceptors (Lipinski definition) is 6. The van der Waals surface area contributed by atoms with E-state index in [0.717, 1.165) is 6.07 Å². The maximum Gasteiger partial charge on any atom is 0.270 e. The zero-order valence-corrected chi connectivity index (χ0v) is 15.5. The number of nitrogens with zero attached hydrogens (tertiary/aromatic N) is 2. The van der Waals surface area contributed by atoms with Gasteiger partial charge in [0.05, 0.1) is 23.7 Å². The Balaban J connectivity index is 1.72. The minimum absolute atomic E-state index is 0.0117. The molecule has 10 heteroatoms. The summed E-state index contributed by atoms with van der Waals surface area (Å²) in [5.41, 5.74) is 0.333. The average Bonchev–Trinajstić information content (AvgIpc) is 2.75. The van der Waals surface area contributed by atoms with Crippen LogP contribution >= 0.6 is 0 Å². The molecule has 2 aromatic carbocycles. The minimum atomic E-state index is -0.883. The SMILES string of the molecule is CNC(=O)[C@@H]1CN(C(=O)CNC(=O)c2cccc([N+](=O)[O-])c2)c2ccccc2O1. The zero-order valence-electron chi connectivity index (χ0n) is 15.5. The van der Waals surface area contributed by atoms with E-state index in [4.69, 9.17) is 4.74 Å². The molecular formula is C19H18N4O6. The summed E-state index contributed by atoms with van der Waals surface area (Å²) >= 11 is 0. The van der Waals surface area contributed by atoms with E-state index in [1.807, 2.05) is 0 Å². The van der Waals surface area contributed by atoms with Gasteiger partial charge in [0, 0.05) is 24.7 Å². The highest BCUT2D eigenvalue weighted by Gasteiger charge is 2.33. The Morgan fingerprint density at radius 2 is 1.97 bits per heavy atom. The van der Waals surface area contributed by atoms with Crippen LogP contribution < -0.4 is 20.3 Å². The van der Waals surface area contributed by atoms with Crippen molar-refractivity contribution in [3.8, 4) is 5.75 Å². The van der Waals surface area contributed by atoms with Gasteiger partial charge in [-0.2, -0.15) is 0 Å². The van der Waals surface area contributed by atoms with Crippen LogP contribution in [0.15, 0.2) is 48.5 Å². The van der Waals surface area contributed by atoms with Crippen molar-refractivity contribution in [1.82, 2.24) is 10.6 Å². The van der Waals surface area contributed by atoms with Crippen LogP contribution in [0.3, 0.4) is 0 Å². The molecule has 1 heterocycles. The maximum absolute atomic E-state index is 12.7. The smallest absolute Gasteiger partial charge is 0.270 e. The molecule has 1 aliphatic rings. The monoisotopic (exact) mass is 398 g/mol. The molecule has 0 fully saturated rings. The summed E-state index contributed by atoms with van der Waals surface area (Å²) in [5, 5.41) is 15.8. The molecule has 2 N–H and O–H groups in total. The van der Waals surface area contributed by atoms with E-state index < -0.39 is 22.8 Å². The van der Waals surface area contributed by atoms with Gasteiger partial charge in [-0.15, -0.1) is 0 Å². The number of nitrogens with one attached hydrogen (secondary N) is 2. The fourth-order valence-corrected chi connectivity index (χ4v) is 2.88. The number of carbonyl (C=O) groups excluding carboxylic acids is 3. The third-order valence-electron chi connectivity index (χ3n) is 4.33. The molecule has 0 unspecified atom stereocenters. The number of non-ortho nitro benzene ring substituents is 1. The molecule has 0 radical (unpaired) electrons. The van der Waals surface area contributed by atoms with E-state index >= 15 is 0 Å². The van der Waals surface area contributed by atoms with Gasteiger partial charge in [-0.05, 0) is 18.2 Å². The fourth-order valence-electron chi connectivity index (χ4n) is 2.88. The van der Waals surface area contributed by atoms with Gasteiger partial charge in [0.15, 0.2) is 6.10 Å². The van der Waals surface area contributed by atoms with Gasteiger partial charge in [-0.25, -0.2) is 0 Å². The molecular weight excluding hydrogens is 380 g/mol. The number of anilines is 1. The number of ether oxygens (including phenoxy) is 1. The Hall–Kier alpha value is -3.95. The lowest BCUT2D eigenvalue weighted by Gasteiger charge is -2.34. The highest BCUT2D eigenvalue weighted by Crippen LogP contribution is 2.33. The topological polar surface area (TPSA) is 131 Å². The lowest BCUT2D eigenvalue weighted by molar-refractivity contribution is -0.384. The number of amides is 3. The predicted molar refractivity (Wildman–Crippen MR) is 103 cm³/mol. The summed E-state index contributed by atoms with van der Waals surface area (Å²) in [6.07, 6.45) is -0.883. The van der Waals surface area contributed by atoms with Crippen molar-refractivity contribution in [2.75, 3.05) is 25.0 Å². The first kappa shape index (κ1) is 19.8. The molecule has 3 rings (SSSR count). The summed E-state index contributed by atoms with van der Waals surface area (Å²) in [7, 11) is 1.47. The van der Waals surface area contributed by atoms with Gasteiger partial charge < -0.3 is 20.3 Å². The van der Waals surface area contributed by atoms with E-state index in [1.165, 1.54) is 30.1 Å². The first-order chi connectivity index (χ1) is 13.9. The van der Waals surface area contributed by atoms with Crippen LogP contribution in [0.5, 0.6) is 5.75 Å². The zero-order chi connectivity index (χ0) is 21.0. The second-order valence-electron chi connectivity index (χ2n) is 6.18. The Kier molecular flexibility index (Phi) is 5.72. The lowest BCUT2D eigenvalue weighted by Crippen LogP contribution is -2.52. The quantitative estimate of drug-likeness (QED) is 0.567. The highest BCUT2D eigenvalue weighted by atomic mass is 16.6. The molecule has 0 spiro atoms.